The number of allylic oxidation sites excluding steroid dienone is 1. The average Bonchev–Trinajstić information content (AvgIpc) is 4.03. The van der Waals surface area contributed by atoms with E-state index >= 15 is 0 Å². The van der Waals surface area contributed by atoms with Crippen LogP contribution in [-0.4, -0.2) is 18.3 Å². The molecule has 0 atom stereocenters. The van der Waals surface area contributed by atoms with Crippen molar-refractivity contribution in [2.75, 3.05) is 0 Å². The lowest BCUT2D eigenvalue weighted by molar-refractivity contribution is 0.956. The molecule has 0 bridgehead atoms. The molecule has 1 aliphatic carbocycles. The van der Waals surface area contributed by atoms with Crippen molar-refractivity contribution in [2.24, 2.45) is 0 Å². The van der Waals surface area contributed by atoms with E-state index in [2.05, 4.69) is 214 Å². The zero-order chi connectivity index (χ0) is 41.2. The summed E-state index contributed by atoms with van der Waals surface area (Å²) in [5.41, 5.74) is 16.6. The minimum absolute atomic E-state index is 0.600. The van der Waals surface area contributed by atoms with Crippen molar-refractivity contribution < 1.29 is 0 Å². The molecule has 0 aliphatic heterocycles. The van der Waals surface area contributed by atoms with Crippen molar-refractivity contribution in [1.29, 1.82) is 5.26 Å². The fourth-order valence-electron chi connectivity index (χ4n) is 10.8. The first kappa shape index (κ1) is 34.8. The van der Waals surface area contributed by atoms with Crippen molar-refractivity contribution in [3.8, 4) is 28.8 Å². The van der Waals surface area contributed by atoms with E-state index in [1.807, 2.05) is 0 Å². The molecule has 8 aromatic carbocycles. The van der Waals surface area contributed by atoms with Crippen LogP contribution in [0.1, 0.15) is 34.4 Å². The van der Waals surface area contributed by atoms with Crippen molar-refractivity contribution in [3.63, 3.8) is 0 Å². The second kappa shape index (κ2) is 13.0. The third-order valence-corrected chi connectivity index (χ3v) is 13.4. The van der Waals surface area contributed by atoms with E-state index in [9.17, 15) is 5.26 Å². The average molecular weight is 794 g/mol. The highest BCUT2D eigenvalue weighted by Gasteiger charge is 2.31. The van der Waals surface area contributed by atoms with Gasteiger partial charge in [-0.3, -0.25) is 0 Å². The first-order chi connectivity index (χ1) is 30.6. The number of nitriles is 1. The molecule has 0 saturated carbocycles. The predicted octanol–water partition coefficient (Wildman–Crippen LogP) is 14.4. The van der Waals surface area contributed by atoms with Crippen LogP contribution in [0, 0.1) is 25.2 Å². The zero-order valence-corrected chi connectivity index (χ0v) is 34.4. The van der Waals surface area contributed by atoms with Gasteiger partial charge in [0.15, 0.2) is 0 Å². The molecule has 62 heavy (non-hydrogen) atoms. The summed E-state index contributed by atoms with van der Waals surface area (Å²) < 4.78 is 9.60. The quantitative estimate of drug-likeness (QED) is 0.175. The lowest BCUT2D eigenvalue weighted by atomic mass is 10.0. The van der Waals surface area contributed by atoms with Crippen LogP contribution in [0.2, 0.25) is 0 Å². The second-order valence-corrected chi connectivity index (χ2v) is 16.9. The van der Waals surface area contributed by atoms with Crippen LogP contribution in [0.4, 0.5) is 0 Å². The van der Waals surface area contributed by atoms with Gasteiger partial charge in [-0.1, -0.05) is 120 Å². The molecule has 0 fully saturated rings. The first-order valence-corrected chi connectivity index (χ1v) is 21.5. The molecule has 4 aromatic heterocycles. The number of aryl methyl sites for hydroxylation is 3. The third-order valence-electron chi connectivity index (χ3n) is 13.4. The van der Waals surface area contributed by atoms with Gasteiger partial charge in [0, 0.05) is 43.4 Å². The van der Waals surface area contributed by atoms with Crippen molar-refractivity contribution in [2.45, 2.75) is 26.7 Å². The lowest BCUT2D eigenvalue weighted by Crippen LogP contribution is -2.14. The number of benzene rings is 8. The minimum Gasteiger partial charge on any atom is -0.307 e. The molecule has 12 aromatic rings. The maximum atomic E-state index is 12.3. The van der Waals surface area contributed by atoms with E-state index < -0.39 is 0 Å². The van der Waals surface area contributed by atoms with Gasteiger partial charge in [-0.2, -0.15) is 5.26 Å². The maximum Gasteiger partial charge on any atom is 0.104 e. The van der Waals surface area contributed by atoms with Gasteiger partial charge in [-0.15, -0.1) is 0 Å². The van der Waals surface area contributed by atoms with E-state index in [1.54, 1.807) is 0 Å². The molecule has 0 spiro atoms. The number of hydrogen-bond donors (Lipinski definition) is 0. The molecule has 0 saturated heterocycles. The molecule has 0 radical (unpaired) electrons. The van der Waals surface area contributed by atoms with Crippen LogP contribution >= 0.6 is 0 Å². The van der Waals surface area contributed by atoms with E-state index in [4.69, 9.17) is 0 Å². The van der Waals surface area contributed by atoms with Gasteiger partial charge >= 0.3 is 0 Å². The van der Waals surface area contributed by atoms with Crippen molar-refractivity contribution in [1.82, 2.24) is 18.3 Å². The number of para-hydroxylation sites is 5. The Morgan fingerprint density at radius 2 is 0.823 bits per heavy atom. The Morgan fingerprint density at radius 1 is 0.419 bits per heavy atom. The summed E-state index contributed by atoms with van der Waals surface area (Å²) in [5.74, 6) is 0. The Balaban J connectivity index is 1.33. The number of fused-ring (bicyclic) bond motifs is 12. The zero-order valence-electron chi connectivity index (χ0n) is 34.4. The van der Waals surface area contributed by atoms with Crippen LogP contribution in [-0.2, 0) is 6.42 Å². The molecule has 13 rings (SSSR count). The molecule has 5 heteroatoms. The molecule has 0 N–H and O–H groups in total. The summed E-state index contributed by atoms with van der Waals surface area (Å²) in [6.07, 6.45) is 6.48. The van der Waals surface area contributed by atoms with Gasteiger partial charge in [0.2, 0.25) is 0 Å². The van der Waals surface area contributed by atoms with Crippen molar-refractivity contribution in [3.05, 3.63) is 198 Å². The van der Waals surface area contributed by atoms with E-state index in [0.29, 0.717) is 5.56 Å². The van der Waals surface area contributed by atoms with Gasteiger partial charge in [0.1, 0.15) is 11.6 Å². The van der Waals surface area contributed by atoms with E-state index in [-0.39, 0.29) is 0 Å². The van der Waals surface area contributed by atoms with Crippen LogP contribution in [0.5, 0.6) is 0 Å². The number of nitrogens with zero attached hydrogens (tertiary/aromatic N) is 5. The maximum absolute atomic E-state index is 12.3. The highest BCUT2D eigenvalue weighted by molar-refractivity contribution is 6.14. The Kier molecular flexibility index (Phi) is 7.27. The second-order valence-electron chi connectivity index (χ2n) is 16.9. The van der Waals surface area contributed by atoms with Gasteiger partial charge in [-0.05, 0) is 99.0 Å². The molecular weight excluding hydrogens is 755 g/mol. The van der Waals surface area contributed by atoms with E-state index in [0.717, 1.165) is 90.7 Å². The summed E-state index contributed by atoms with van der Waals surface area (Å²) in [5, 5.41) is 20.5. The minimum atomic E-state index is 0.600. The van der Waals surface area contributed by atoms with Crippen LogP contribution in [0.25, 0.3) is 105 Å². The Labute approximate surface area is 357 Å². The van der Waals surface area contributed by atoms with Crippen LogP contribution in [0.3, 0.4) is 0 Å². The van der Waals surface area contributed by atoms with Gasteiger partial charge in [0.25, 0.3) is 0 Å². The molecular formula is C57H39N5. The fraction of sp³-hybridized carbons (Fsp3) is 0.0702. The monoisotopic (exact) mass is 793 g/mol. The third kappa shape index (κ3) is 4.66. The van der Waals surface area contributed by atoms with Gasteiger partial charge in [-0.25, -0.2) is 0 Å². The smallest absolute Gasteiger partial charge is 0.104 e. The van der Waals surface area contributed by atoms with Crippen LogP contribution in [0.15, 0.2) is 170 Å². The highest BCUT2D eigenvalue weighted by Crippen LogP contribution is 2.47. The molecule has 292 valence electrons. The molecule has 1 aliphatic rings. The largest absolute Gasteiger partial charge is 0.307 e. The number of hydrogen-bond acceptors (Lipinski definition) is 1. The summed E-state index contributed by atoms with van der Waals surface area (Å²) in [7, 11) is 0. The summed E-state index contributed by atoms with van der Waals surface area (Å²) >= 11 is 0. The normalized spacial score (nSPS) is 12.8. The molecule has 5 nitrogen and oxygen atoms in total. The Morgan fingerprint density at radius 3 is 1.32 bits per heavy atom. The molecule has 4 heterocycles. The van der Waals surface area contributed by atoms with Gasteiger partial charge < -0.3 is 18.3 Å². The lowest BCUT2D eigenvalue weighted by Gasteiger charge is -2.26. The summed E-state index contributed by atoms with van der Waals surface area (Å²) in [6.45, 7) is 4.33. The summed E-state index contributed by atoms with van der Waals surface area (Å²) in [4.78, 5) is 0. The summed E-state index contributed by atoms with van der Waals surface area (Å²) in [6, 6.07) is 62.4. The van der Waals surface area contributed by atoms with Crippen LogP contribution < -0.4 is 0 Å². The first-order valence-electron chi connectivity index (χ1n) is 21.5. The van der Waals surface area contributed by atoms with E-state index in [1.165, 1.54) is 43.6 Å². The Hall–Kier alpha value is -8.07. The highest BCUT2D eigenvalue weighted by atomic mass is 15.1. The Bertz CT molecular complexity index is 3910. The predicted molar refractivity (Wildman–Crippen MR) is 258 cm³/mol. The van der Waals surface area contributed by atoms with Crippen molar-refractivity contribution >= 4 is 82.4 Å². The van der Waals surface area contributed by atoms with Gasteiger partial charge in [0.05, 0.1) is 61.4 Å². The number of rotatable bonds is 4. The number of aromatic nitrogens is 4. The SMILES string of the molecule is Cc1ccc2c(c1)c1ccccc1n2-c1cc(-n2c3ccccc3c3cc(C)ccc32)c(-n2c3ccccc3c3ccccc32)c(C#N)c1-n1c2c(c3ccccc31)CCC=C2. The molecule has 0 amide bonds. The molecule has 0 unspecified atom stereocenters. The topological polar surface area (TPSA) is 43.5 Å². The fourth-order valence-corrected chi connectivity index (χ4v) is 10.8. The standard InChI is InChI=1S/C57H39N5/c1-35-27-29-52-43(31-35)41-19-7-9-21-46(41)59(52)54-33-55(60-47-22-10-8-20-42(47)44-32-36(2)28-30-53(44)60)57(62-50-25-13-5-17-39(50)40-18-6-14-26-51(40)62)45(34-58)56(54)61-48-23-11-3-15-37(48)38-16-4-12-24-49(38)61/h3-5,7-17,19-33H,6,18H2,1-2H3.